The molecule has 0 spiro atoms. The SMILES string of the molecule is O=C(NCc1ccc(Cl)cc1)C1CCCN(c2nc3c(-c4ccccc4)csc3c(=O)[nH]2)C1. The van der Waals surface area contributed by atoms with Crippen LogP contribution < -0.4 is 15.8 Å². The van der Waals surface area contributed by atoms with Gasteiger partial charge in [0, 0.05) is 35.6 Å². The maximum absolute atomic E-state index is 12.8. The molecular weight excluding hydrogens is 456 g/mol. The Kier molecular flexibility index (Phi) is 6.15. The number of aromatic amines is 1. The lowest BCUT2D eigenvalue weighted by molar-refractivity contribution is -0.125. The van der Waals surface area contributed by atoms with E-state index in [1.807, 2.05) is 64.9 Å². The van der Waals surface area contributed by atoms with E-state index in [-0.39, 0.29) is 17.4 Å². The van der Waals surface area contributed by atoms with Gasteiger partial charge in [-0.15, -0.1) is 11.3 Å². The van der Waals surface area contributed by atoms with Gasteiger partial charge in [0.25, 0.3) is 5.56 Å². The van der Waals surface area contributed by atoms with Crippen LogP contribution in [-0.2, 0) is 11.3 Å². The number of amides is 1. The Morgan fingerprint density at radius 1 is 1.18 bits per heavy atom. The van der Waals surface area contributed by atoms with E-state index in [4.69, 9.17) is 16.6 Å². The van der Waals surface area contributed by atoms with Gasteiger partial charge in [0.1, 0.15) is 4.70 Å². The van der Waals surface area contributed by atoms with Crippen molar-refractivity contribution in [2.45, 2.75) is 19.4 Å². The molecule has 1 aliphatic rings. The molecule has 0 saturated carbocycles. The molecule has 2 N–H and O–H groups in total. The summed E-state index contributed by atoms with van der Waals surface area (Å²) >= 11 is 7.34. The second kappa shape index (κ2) is 9.37. The number of nitrogens with zero attached hydrogens (tertiary/aromatic N) is 2. The number of benzene rings is 2. The number of rotatable bonds is 5. The Labute approximate surface area is 200 Å². The highest BCUT2D eigenvalue weighted by atomic mass is 35.5. The van der Waals surface area contributed by atoms with Crippen LogP contribution in [0.5, 0.6) is 0 Å². The third-order valence-electron chi connectivity index (χ3n) is 5.97. The largest absolute Gasteiger partial charge is 0.352 e. The second-order valence-electron chi connectivity index (χ2n) is 8.21. The molecule has 0 aliphatic carbocycles. The molecule has 2 aromatic heterocycles. The van der Waals surface area contributed by atoms with Crippen LogP contribution in [0.4, 0.5) is 5.95 Å². The lowest BCUT2D eigenvalue weighted by atomic mass is 9.97. The van der Waals surface area contributed by atoms with Crippen molar-refractivity contribution in [1.29, 1.82) is 0 Å². The lowest BCUT2D eigenvalue weighted by Crippen LogP contribution is -2.44. The zero-order valence-corrected chi connectivity index (χ0v) is 19.5. The van der Waals surface area contributed by atoms with Crippen molar-refractivity contribution in [3.63, 3.8) is 0 Å². The molecular formula is C25H23ClN4O2S. The number of anilines is 1. The molecule has 1 fully saturated rings. The molecule has 8 heteroatoms. The van der Waals surface area contributed by atoms with Gasteiger partial charge in [-0.25, -0.2) is 4.98 Å². The first-order valence-electron chi connectivity index (χ1n) is 10.9. The van der Waals surface area contributed by atoms with E-state index in [0.29, 0.717) is 34.3 Å². The van der Waals surface area contributed by atoms with Gasteiger partial charge in [0.2, 0.25) is 11.9 Å². The van der Waals surface area contributed by atoms with Crippen LogP contribution in [0.1, 0.15) is 18.4 Å². The van der Waals surface area contributed by atoms with Crippen LogP contribution in [0.25, 0.3) is 21.3 Å². The number of carbonyl (C=O) groups excluding carboxylic acids is 1. The summed E-state index contributed by atoms with van der Waals surface area (Å²) in [7, 11) is 0. The number of hydrogen-bond acceptors (Lipinski definition) is 5. The van der Waals surface area contributed by atoms with E-state index >= 15 is 0 Å². The number of nitrogens with one attached hydrogen (secondary N) is 2. The number of aromatic nitrogens is 2. The summed E-state index contributed by atoms with van der Waals surface area (Å²) in [5.41, 5.74) is 3.56. The van der Waals surface area contributed by atoms with Gasteiger partial charge in [-0.3, -0.25) is 14.6 Å². The maximum Gasteiger partial charge on any atom is 0.270 e. The number of hydrogen-bond donors (Lipinski definition) is 2. The van der Waals surface area contributed by atoms with E-state index in [9.17, 15) is 9.59 Å². The summed E-state index contributed by atoms with van der Waals surface area (Å²) < 4.78 is 0.617. The average molecular weight is 479 g/mol. The monoisotopic (exact) mass is 478 g/mol. The molecule has 5 rings (SSSR count). The van der Waals surface area contributed by atoms with Crippen LogP contribution in [0.3, 0.4) is 0 Å². The topological polar surface area (TPSA) is 78.1 Å². The quantitative estimate of drug-likeness (QED) is 0.430. The Bertz CT molecular complexity index is 1330. The van der Waals surface area contributed by atoms with Crippen LogP contribution in [0, 0.1) is 5.92 Å². The lowest BCUT2D eigenvalue weighted by Gasteiger charge is -2.32. The molecule has 0 bridgehead atoms. The van der Waals surface area contributed by atoms with Crippen molar-refractivity contribution in [2.75, 3.05) is 18.0 Å². The third-order valence-corrected chi connectivity index (χ3v) is 7.19. The van der Waals surface area contributed by atoms with Gasteiger partial charge in [-0.05, 0) is 36.1 Å². The number of halogens is 1. The normalized spacial score (nSPS) is 16.2. The van der Waals surface area contributed by atoms with E-state index in [0.717, 1.165) is 36.1 Å². The minimum atomic E-state index is -0.164. The van der Waals surface area contributed by atoms with Crippen molar-refractivity contribution in [1.82, 2.24) is 15.3 Å². The zero-order chi connectivity index (χ0) is 22.8. The van der Waals surface area contributed by atoms with Crippen molar-refractivity contribution < 1.29 is 4.79 Å². The molecule has 0 radical (unpaired) electrons. The van der Waals surface area contributed by atoms with Crippen molar-refractivity contribution >= 4 is 45.0 Å². The summed E-state index contributed by atoms with van der Waals surface area (Å²) in [5, 5.41) is 5.68. The Morgan fingerprint density at radius 3 is 2.76 bits per heavy atom. The fourth-order valence-corrected chi connectivity index (χ4v) is 5.24. The summed E-state index contributed by atoms with van der Waals surface area (Å²) in [6, 6.07) is 17.4. The van der Waals surface area contributed by atoms with Gasteiger partial charge in [0.15, 0.2) is 0 Å². The van der Waals surface area contributed by atoms with Gasteiger partial charge in [-0.1, -0.05) is 54.1 Å². The van der Waals surface area contributed by atoms with Gasteiger partial charge in [0.05, 0.1) is 11.4 Å². The number of carbonyl (C=O) groups is 1. The van der Waals surface area contributed by atoms with E-state index in [1.54, 1.807) is 0 Å². The van der Waals surface area contributed by atoms with E-state index in [1.165, 1.54) is 11.3 Å². The third kappa shape index (κ3) is 4.65. The Hall–Kier alpha value is -3.16. The Morgan fingerprint density at radius 2 is 1.97 bits per heavy atom. The summed E-state index contributed by atoms with van der Waals surface area (Å²) in [6.07, 6.45) is 1.67. The predicted molar refractivity (Wildman–Crippen MR) is 134 cm³/mol. The molecule has 2 aromatic carbocycles. The smallest absolute Gasteiger partial charge is 0.270 e. The molecule has 1 unspecified atom stereocenters. The molecule has 4 aromatic rings. The molecule has 1 amide bonds. The fourth-order valence-electron chi connectivity index (χ4n) is 4.21. The van der Waals surface area contributed by atoms with Crippen molar-refractivity contribution in [3.05, 3.63) is 80.9 Å². The number of thiophene rings is 1. The van der Waals surface area contributed by atoms with Gasteiger partial charge < -0.3 is 10.2 Å². The average Bonchev–Trinajstić information content (AvgIpc) is 3.29. The van der Waals surface area contributed by atoms with Crippen LogP contribution >= 0.6 is 22.9 Å². The summed E-state index contributed by atoms with van der Waals surface area (Å²) in [6.45, 7) is 1.73. The molecule has 168 valence electrons. The minimum absolute atomic E-state index is 0.0126. The molecule has 1 saturated heterocycles. The maximum atomic E-state index is 12.8. The molecule has 6 nitrogen and oxygen atoms in total. The highest BCUT2D eigenvalue weighted by Crippen LogP contribution is 2.32. The predicted octanol–water partition coefficient (Wildman–Crippen LogP) is 4.84. The Balaban J connectivity index is 1.34. The molecule has 1 atom stereocenters. The van der Waals surface area contributed by atoms with E-state index < -0.39 is 0 Å². The first-order valence-corrected chi connectivity index (χ1v) is 12.2. The summed E-state index contributed by atoms with van der Waals surface area (Å²) in [5.74, 6) is 0.375. The minimum Gasteiger partial charge on any atom is -0.352 e. The number of piperidine rings is 1. The van der Waals surface area contributed by atoms with E-state index in [2.05, 4.69) is 10.3 Å². The first-order chi connectivity index (χ1) is 16.1. The second-order valence-corrected chi connectivity index (χ2v) is 9.53. The van der Waals surface area contributed by atoms with Crippen molar-refractivity contribution in [2.24, 2.45) is 5.92 Å². The number of fused-ring (bicyclic) bond motifs is 1. The summed E-state index contributed by atoms with van der Waals surface area (Å²) in [4.78, 5) is 35.4. The fraction of sp³-hybridized carbons (Fsp3) is 0.240. The van der Waals surface area contributed by atoms with Crippen LogP contribution in [-0.4, -0.2) is 29.0 Å². The standard InChI is InChI=1S/C25H23ClN4O2S/c26-19-10-8-16(9-11-19)13-27-23(31)18-7-4-12-30(14-18)25-28-21-20(17-5-2-1-3-6-17)15-33-22(21)24(32)29-25/h1-3,5-6,8-11,15,18H,4,7,12-14H2,(H,27,31)(H,28,29,32). The zero-order valence-electron chi connectivity index (χ0n) is 17.9. The highest BCUT2D eigenvalue weighted by Gasteiger charge is 2.27. The number of H-pyrrole nitrogens is 1. The first kappa shape index (κ1) is 21.7. The van der Waals surface area contributed by atoms with Crippen LogP contribution in [0.2, 0.25) is 5.02 Å². The van der Waals surface area contributed by atoms with Gasteiger partial charge in [-0.2, -0.15) is 0 Å². The van der Waals surface area contributed by atoms with Gasteiger partial charge >= 0.3 is 0 Å². The molecule has 3 heterocycles. The van der Waals surface area contributed by atoms with Crippen molar-refractivity contribution in [3.8, 4) is 11.1 Å². The highest BCUT2D eigenvalue weighted by molar-refractivity contribution is 7.17. The van der Waals surface area contributed by atoms with Crippen LogP contribution in [0.15, 0.2) is 64.8 Å². The molecule has 33 heavy (non-hydrogen) atoms. The molecule has 1 aliphatic heterocycles.